The Morgan fingerprint density at radius 3 is 2.94 bits per heavy atom. The summed E-state index contributed by atoms with van der Waals surface area (Å²) in [6.07, 6.45) is 2.15. The standard InChI is InChI=1S/C13H22N2O2S/c1-2-3-6-15(7-8-16)11-13(17)14-10-12-5-4-9-18-12/h4-5,9,16H,2-3,6-8,10-11H2,1H3,(H,14,17). The highest BCUT2D eigenvalue weighted by atomic mass is 32.1. The fourth-order valence-corrected chi connectivity index (χ4v) is 2.30. The lowest BCUT2D eigenvalue weighted by molar-refractivity contribution is -0.122. The lowest BCUT2D eigenvalue weighted by Gasteiger charge is -2.20. The molecule has 0 aliphatic heterocycles. The number of rotatable bonds is 9. The SMILES string of the molecule is CCCCN(CCO)CC(=O)NCc1cccs1. The van der Waals surface area contributed by atoms with Crippen molar-refractivity contribution < 1.29 is 9.90 Å². The van der Waals surface area contributed by atoms with Gasteiger partial charge in [-0.1, -0.05) is 19.4 Å². The van der Waals surface area contributed by atoms with E-state index in [0.29, 0.717) is 19.6 Å². The first-order valence-electron chi connectivity index (χ1n) is 6.38. The summed E-state index contributed by atoms with van der Waals surface area (Å²) in [6.45, 7) is 4.61. The number of thiophene rings is 1. The van der Waals surface area contributed by atoms with Crippen molar-refractivity contribution in [1.29, 1.82) is 0 Å². The fraction of sp³-hybridized carbons (Fsp3) is 0.615. The van der Waals surface area contributed by atoms with E-state index in [9.17, 15) is 4.79 Å². The summed E-state index contributed by atoms with van der Waals surface area (Å²) in [5, 5.41) is 13.9. The Morgan fingerprint density at radius 1 is 1.50 bits per heavy atom. The molecular weight excluding hydrogens is 248 g/mol. The topological polar surface area (TPSA) is 52.6 Å². The highest BCUT2D eigenvalue weighted by Gasteiger charge is 2.09. The minimum Gasteiger partial charge on any atom is -0.395 e. The summed E-state index contributed by atoms with van der Waals surface area (Å²) in [5.74, 6) is 0.0213. The number of aliphatic hydroxyl groups is 1. The van der Waals surface area contributed by atoms with E-state index in [4.69, 9.17) is 5.11 Å². The highest BCUT2D eigenvalue weighted by Crippen LogP contribution is 2.07. The molecule has 0 radical (unpaired) electrons. The van der Waals surface area contributed by atoms with Crippen LogP contribution in [0.5, 0.6) is 0 Å². The van der Waals surface area contributed by atoms with Gasteiger partial charge in [-0.2, -0.15) is 0 Å². The summed E-state index contributed by atoms with van der Waals surface area (Å²) in [5.41, 5.74) is 0. The van der Waals surface area contributed by atoms with E-state index in [0.717, 1.165) is 24.3 Å². The Kier molecular flexibility index (Phi) is 7.64. The van der Waals surface area contributed by atoms with E-state index in [1.54, 1.807) is 11.3 Å². The van der Waals surface area contributed by atoms with Gasteiger partial charge >= 0.3 is 0 Å². The van der Waals surface area contributed by atoms with Gasteiger partial charge in [0.05, 0.1) is 19.7 Å². The molecule has 5 heteroatoms. The van der Waals surface area contributed by atoms with Crippen molar-refractivity contribution in [2.75, 3.05) is 26.2 Å². The summed E-state index contributed by atoms with van der Waals surface area (Å²) < 4.78 is 0. The van der Waals surface area contributed by atoms with Crippen LogP contribution in [-0.2, 0) is 11.3 Å². The van der Waals surface area contributed by atoms with E-state index in [1.807, 2.05) is 22.4 Å². The zero-order valence-corrected chi connectivity index (χ0v) is 11.7. The van der Waals surface area contributed by atoms with Crippen molar-refractivity contribution in [3.63, 3.8) is 0 Å². The lowest BCUT2D eigenvalue weighted by Crippen LogP contribution is -2.38. The first-order chi connectivity index (χ1) is 8.76. The molecule has 4 nitrogen and oxygen atoms in total. The van der Waals surface area contributed by atoms with Gasteiger partial charge in [0.25, 0.3) is 0 Å². The largest absolute Gasteiger partial charge is 0.395 e. The van der Waals surface area contributed by atoms with Gasteiger partial charge in [0, 0.05) is 11.4 Å². The van der Waals surface area contributed by atoms with E-state index in [-0.39, 0.29) is 12.5 Å². The normalized spacial score (nSPS) is 10.8. The fourth-order valence-electron chi connectivity index (χ4n) is 1.65. The maximum absolute atomic E-state index is 11.8. The second-order valence-corrected chi connectivity index (χ2v) is 5.24. The van der Waals surface area contributed by atoms with Gasteiger partial charge in [0.15, 0.2) is 0 Å². The summed E-state index contributed by atoms with van der Waals surface area (Å²) >= 11 is 1.64. The first kappa shape index (κ1) is 15.1. The maximum Gasteiger partial charge on any atom is 0.234 e. The molecule has 0 fully saturated rings. The van der Waals surface area contributed by atoms with Crippen LogP contribution in [-0.4, -0.2) is 42.2 Å². The van der Waals surface area contributed by atoms with Crippen LogP contribution in [0.1, 0.15) is 24.6 Å². The number of amides is 1. The van der Waals surface area contributed by atoms with Crippen molar-refractivity contribution in [1.82, 2.24) is 10.2 Å². The zero-order chi connectivity index (χ0) is 13.2. The molecule has 1 amide bonds. The molecule has 0 saturated heterocycles. The predicted molar refractivity (Wildman–Crippen MR) is 74.6 cm³/mol. The average Bonchev–Trinajstić information content (AvgIpc) is 2.87. The van der Waals surface area contributed by atoms with Crippen LogP contribution in [0.2, 0.25) is 0 Å². The second-order valence-electron chi connectivity index (χ2n) is 4.21. The monoisotopic (exact) mass is 270 g/mol. The third-order valence-corrected chi connectivity index (χ3v) is 3.53. The molecule has 0 unspecified atom stereocenters. The third-order valence-electron chi connectivity index (χ3n) is 2.65. The minimum absolute atomic E-state index is 0.0213. The Bertz CT molecular complexity index is 328. The smallest absolute Gasteiger partial charge is 0.234 e. The van der Waals surface area contributed by atoms with Crippen molar-refractivity contribution in [3.8, 4) is 0 Å². The molecule has 2 N–H and O–H groups in total. The molecule has 0 saturated carbocycles. The molecule has 0 aliphatic carbocycles. The van der Waals surface area contributed by atoms with Crippen LogP contribution in [0.15, 0.2) is 17.5 Å². The summed E-state index contributed by atoms with van der Waals surface area (Å²) in [6, 6.07) is 3.99. The van der Waals surface area contributed by atoms with Gasteiger partial charge in [-0.3, -0.25) is 9.69 Å². The van der Waals surface area contributed by atoms with Crippen LogP contribution < -0.4 is 5.32 Å². The number of hydrogen-bond acceptors (Lipinski definition) is 4. The van der Waals surface area contributed by atoms with E-state index < -0.39 is 0 Å². The molecule has 1 aromatic rings. The molecular formula is C13H22N2O2S. The Balaban J connectivity index is 2.26. The molecule has 0 atom stereocenters. The molecule has 0 spiro atoms. The van der Waals surface area contributed by atoms with E-state index >= 15 is 0 Å². The van der Waals surface area contributed by atoms with Gasteiger partial charge in [0.2, 0.25) is 5.91 Å². The zero-order valence-electron chi connectivity index (χ0n) is 10.9. The summed E-state index contributed by atoms with van der Waals surface area (Å²) in [4.78, 5) is 14.9. The first-order valence-corrected chi connectivity index (χ1v) is 7.26. The van der Waals surface area contributed by atoms with Crippen molar-refractivity contribution in [3.05, 3.63) is 22.4 Å². The lowest BCUT2D eigenvalue weighted by atomic mass is 10.3. The van der Waals surface area contributed by atoms with Gasteiger partial charge in [-0.15, -0.1) is 11.3 Å². The van der Waals surface area contributed by atoms with Crippen LogP contribution in [0.4, 0.5) is 0 Å². The van der Waals surface area contributed by atoms with Crippen LogP contribution in [0.25, 0.3) is 0 Å². The number of carbonyl (C=O) groups is 1. The molecule has 0 aliphatic rings. The molecule has 0 bridgehead atoms. The predicted octanol–water partition coefficient (Wildman–Crippen LogP) is 1.46. The Labute approximate surface area is 113 Å². The third kappa shape index (κ3) is 6.14. The van der Waals surface area contributed by atoms with Gasteiger partial charge in [0.1, 0.15) is 0 Å². The van der Waals surface area contributed by atoms with Crippen LogP contribution in [0.3, 0.4) is 0 Å². The quantitative estimate of drug-likeness (QED) is 0.714. The van der Waals surface area contributed by atoms with Gasteiger partial charge < -0.3 is 10.4 Å². The van der Waals surface area contributed by atoms with Crippen LogP contribution >= 0.6 is 11.3 Å². The highest BCUT2D eigenvalue weighted by molar-refractivity contribution is 7.09. The maximum atomic E-state index is 11.8. The molecule has 102 valence electrons. The van der Waals surface area contributed by atoms with E-state index in [2.05, 4.69) is 12.2 Å². The summed E-state index contributed by atoms with van der Waals surface area (Å²) in [7, 11) is 0. The van der Waals surface area contributed by atoms with Crippen molar-refractivity contribution in [2.45, 2.75) is 26.3 Å². The molecule has 1 heterocycles. The molecule has 1 rings (SSSR count). The van der Waals surface area contributed by atoms with Gasteiger partial charge in [-0.25, -0.2) is 0 Å². The number of nitrogens with one attached hydrogen (secondary N) is 1. The van der Waals surface area contributed by atoms with E-state index in [1.165, 1.54) is 0 Å². The van der Waals surface area contributed by atoms with Crippen LogP contribution in [0, 0.1) is 0 Å². The number of aliphatic hydroxyl groups excluding tert-OH is 1. The number of unbranched alkanes of at least 4 members (excludes halogenated alkanes) is 1. The number of carbonyl (C=O) groups excluding carboxylic acids is 1. The second kappa shape index (κ2) is 9.08. The molecule has 1 aromatic heterocycles. The Hall–Kier alpha value is -0.910. The number of hydrogen-bond donors (Lipinski definition) is 2. The minimum atomic E-state index is 0.0213. The Morgan fingerprint density at radius 2 is 2.33 bits per heavy atom. The molecule has 0 aromatic carbocycles. The molecule has 18 heavy (non-hydrogen) atoms. The number of nitrogens with zero attached hydrogens (tertiary/aromatic N) is 1. The van der Waals surface area contributed by atoms with Gasteiger partial charge in [-0.05, 0) is 24.4 Å². The average molecular weight is 270 g/mol. The van der Waals surface area contributed by atoms with Crippen molar-refractivity contribution in [2.24, 2.45) is 0 Å². The van der Waals surface area contributed by atoms with Crippen molar-refractivity contribution >= 4 is 17.2 Å².